The molecule has 0 bridgehead atoms. The molecule has 0 aliphatic rings. The lowest BCUT2D eigenvalue weighted by Crippen LogP contribution is -2.15. The fraction of sp³-hybridized carbons (Fsp3) is 0.312. The number of aromatic nitrogens is 1. The number of aryl methyl sites for hydroxylation is 1. The van der Waals surface area contributed by atoms with E-state index in [1.165, 1.54) is 17.8 Å². The number of rotatable bonds is 7. The number of hydrogen-bond donors (Lipinski definition) is 1. The maximum Gasteiger partial charge on any atom is 0.354 e. The van der Waals surface area contributed by atoms with Gasteiger partial charge in [-0.2, -0.15) is 0 Å². The molecule has 27 heavy (non-hydrogen) atoms. The van der Waals surface area contributed by atoms with Crippen LogP contribution in [0, 0.1) is 5.82 Å². The van der Waals surface area contributed by atoms with Crippen molar-refractivity contribution in [1.82, 2.24) is 4.57 Å². The molecular formula is C16H19FN2O6S2. The van der Waals surface area contributed by atoms with Gasteiger partial charge in [-0.3, -0.25) is 4.72 Å². The van der Waals surface area contributed by atoms with Crippen LogP contribution >= 0.6 is 0 Å². The molecule has 2 aromatic rings. The minimum atomic E-state index is -4.15. The van der Waals surface area contributed by atoms with Crippen molar-refractivity contribution in [2.24, 2.45) is 7.05 Å². The van der Waals surface area contributed by atoms with E-state index in [1.54, 1.807) is 6.92 Å². The molecule has 0 atom stereocenters. The lowest BCUT2D eigenvalue weighted by Gasteiger charge is -2.11. The van der Waals surface area contributed by atoms with E-state index in [-0.39, 0.29) is 28.4 Å². The zero-order valence-corrected chi connectivity index (χ0v) is 16.5. The van der Waals surface area contributed by atoms with Crippen LogP contribution in [0.1, 0.15) is 23.0 Å². The second kappa shape index (κ2) is 7.69. The van der Waals surface area contributed by atoms with Gasteiger partial charge in [0, 0.05) is 19.5 Å². The number of carbonyl (C=O) groups excluding carboxylic acids is 1. The number of hydrogen-bond acceptors (Lipinski definition) is 6. The molecule has 11 heteroatoms. The van der Waals surface area contributed by atoms with Gasteiger partial charge in [0.2, 0.25) is 0 Å². The van der Waals surface area contributed by atoms with E-state index < -0.39 is 37.4 Å². The summed E-state index contributed by atoms with van der Waals surface area (Å²) in [6.45, 7) is 1.76. The number of benzene rings is 1. The van der Waals surface area contributed by atoms with Crippen molar-refractivity contribution in [2.75, 3.05) is 17.6 Å². The van der Waals surface area contributed by atoms with Crippen LogP contribution in [0.3, 0.4) is 0 Å². The normalized spacial score (nSPS) is 12.0. The van der Waals surface area contributed by atoms with Crippen molar-refractivity contribution >= 4 is 31.5 Å². The predicted molar refractivity (Wildman–Crippen MR) is 97.1 cm³/mol. The predicted octanol–water partition coefficient (Wildman–Crippen LogP) is 1.69. The maximum absolute atomic E-state index is 13.5. The molecule has 0 unspecified atom stereocenters. The zero-order chi connectivity index (χ0) is 20.4. The van der Waals surface area contributed by atoms with Crippen LogP contribution < -0.4 is 4.72 Å². The molecule has 0 saturated heterocycles. The van der Waals surface area contributed by atoms with Gasteiger partial charge >= 0.3 is 5.97 Å². The number of ether oxygens (including phenoxy) is 1. The number of carbonyl (C=O) groups is 1. The summed E-state index contributed by atoms with van der Waals surface area (Å²) in [7, 11) is -6.19. The van der Waals surface area contributed by atoms with Crippen LogP contribution in [0.15, 0.2) is 35.4 Å². The first-order valence-corrected chi connectivity index (χ1v) is 11.3. The highest BCUT2D eigenvalue weighted by molar-refractivity contribution is 7.92. The second-order valence-electron chi connectivity index (χ2n) is 5.87. The van der Waals surface area contributed by atoms with Gasteiger partial charge in [-0.25, -0.2) is 26.0 Å². The third kappa shape index (κ3) is 5.30. The fourth-order valence-corrected chi connectivity index (χ4v) is 4.33. The minimum absolute atomic E-state index is 0.0253. The molecule has 8 nitrogen and oxygen atoms in total. The lowest BCUT2D eigenvalue weighted by molar-refractivity contribution is 0.0515. The Bertz CT molecular complexity index is 1070. The number of anilines is 1. The van der Waals surface area contributed by atoms with Crippen molar-refractivity contribution in [2.45, 2.75) is 17.6 Å². The Morgan fingerprint density at radius 2 is 1.89 bits per heavy atom. The highest BCUT2D eigenvalue weighted by Crippen LogP contribution is 2.24. The van der Waals surface area contributed by atoms with E-state index in [9.17, 15) is 26.0 Å². The summed E-state index contributed by atoms with van der Waals surface area (Å²) in [6, 6.07) is 4.25. The maximum atomic E-state index is 13.5. The highest BCUT2D eigenvalue weighted by atomic mass is 32.2. The lowest BCUT2D eigenvalue weighted by atomic mass is 10.2. The number of sulfone groups is 1. The first-order valence-electron chi connectivity index (χ1n) is 7.75. The molecule has 1 N–H and O–H groups in total. The van der Waals surface area contributed by atoms with Gasteiger partial charge in [-0.15, -0.1) is 0 Å². The Labute approximate surface area is 156 Å². The number of nitrogens with one attached hydrogen (secondary N) is 1. The summed E-state index contributed by atoms with van der Waals surface area (Å²) in [5.41, 5.74) is -0.0568. The molecular weight excluding hydrogens is 399 g/mol. The van der Waals surface area contributed by atoms with Gasteiger partial charge in [0.25, 0.3) is 10.0 Å². The molecule has 0 amide bonds. The molecule has 0 radical (unpaired) electrons. The summed E-state index contributed by atoms with van der Waals surface area (Å²) in [4.78, 5) is 11.6. The van der Waals surface area contributed by atoms with Gasteiger partial charge < -0.3 is 9.30 Å². The molecule has 0 aliphatic heterocycles. The Morgan fingerprint density at radius 1 is 1.22 bits per heavy atom. The van der Waals surface area contributed by atoms with Gasteiger partial charge in [-0.05, 0) is 36.8 Å². The van der Waals surface area contributed by atoms with Crippen molar-refractivity contribution in [3.05, 3.63) is 47.5 Å². The first kappa shape index (κ1) is 20.9. The SMILES string of the molecule is CCOC(=O)c1cc(S(=O)(=O)Nc2ccc(F)cc2CS(C)(=O)=O)cn1C. The molecule has 2 rings (SSSR count). The largest absolute Gasteiger partial charge is 0.461 e. The van der Waals surface area contributed by atoms with Crippen molar-refractivity contribution in [3.8, 4) is 0 Å². The summed E-state index contributed by atoms with van der Waals surface area (Å²) in [6.07, 6.45) is 2.17. The Hall–Kier alpha value is -2.40. The summed E-state index contributed by atoms with van der Waals surface area (Å²) < 4.78 is 70.2. The van der Waals surface area contributed by atoms with E-state index >= 15 is 0 Å². The number of halogens is 1. The Morgan fingerprint density at radius 3 is 2.48 bits per heavy atom. The highest BCUT2D eigenvalue weighted by Gasteiger charge is 2.23. The molecule has 148 valence electrons. The van der Waals surface area contributed by atoms with Crippen LogP contribution in [0.25, 0.3) is 0 Å². The van der Waals surface area contributed by atoms with Gasteiger partial charge in [0.15, 0.2) is 9.84 Å². The summed E-state index contributed by atoms with van der Waals surface area (Å²) >= 11 is 0. The van der Waals surface area contributed by atoms with E-state index in [4.69, 9.17) is 4.74 Å². The van der Waals surface area contributed by atoms with Crippen molar-refractivity contribution < 1.29 is 30.8 Å². The molecule has 1 heterocycles. The number of nitrogens with zero attached hydrogens (tertiary/aromatic N) is 1. The minimum Gasteiger partial charge on any atom is -0.461 e. The van der Waals surface area contributed by atoms with Crippen molar-refractivity contribution in [1.29, 1.82) is 0 Å². The van der Waals surface area contributed by atoms with E-state index in [1.807, 2.05) is 0 Å². The Balaban J connectivity index is 2.40. The van der Waals surface area contributed by atoms with Crippen LogP contribution in [-0.2, 0) is 37.4 Å². The van der Waals surface area contributed by atoms with Crippen LogP contribution in [0.2, 0.25) is 0 Å². The third-order valence-corrected chi connectivity index (χ3v) is 5.67. The van der Waals surface area contributed by atoms with E-state index in [0.717, 1.165) is 30.5 Å². The monoisotopic (exact) mass is 418 g/mol. The van der Waals surface area contributed by atoms with Crippen LogP contribution in [0.5, 0.6) is 0 Å². The Kier molecular flexibility index (Phi) is 5.95. The fourth-order valence-electron chi connectivity index (χ4n) is 2.36. The summed E-state index contributed by atoms with van der Waals surface area (Å²) in [5.74, 6) is -1.91. The first-order chi connectivity index (χ1) is 12.4. The number of esters is 1. The smallest absolute Gasteiger partial charge is 0.354 e. The molecule has 0 saturated carbocycles. The van der Waals surface area contributed by atoms with E-state index in [0.29, 0.717) is 0 Å². The zero-order valence-electron chi connectivity index (χ0n) is 14.9. The third-order valence-electron chi connectivity index (χ3n) is 3.50. The molecule has 1 aromatic heterocycles. The quantitative estimate of drug-likeness (QED) is 0.685. The number of sulfonamides is 1. The van der Waals surface area contributed by atoms with Crippen LogP contribution in [-0.4, -0.2) is 40.2 Å². The molecule has 0 fully saturated rings. The van der Waals surface area contributed by atoms with E-state index in [2.05, 4.69) is 4.72 Å². The average Bonchev–Trinajstić information content (AvgIpc) is 2.91. The summed E-state index contributed by atoms with van der Waals surface area (Å²) in [5, 5.41) is 0. The van der Waals surface area contributed by atoms with Gasteiger partial charge in [0.1, 0.15) is 16.4 Å². The van der Waals surface area contributed by atoms with Gasteiger partial charge in [0.05, 0.1) is 18.0 Å². The second-order valence-corrected chi connectivity index (χ2v) is 9.69. The molecule has 0 aliphatic carbocycles. The molecule has 1 aromatic carbocycles. The average molecular weight is 418 g/mol. The standard InChI is InChI=1S/C16H19FN2O6S2/c1-4-25-16(20)15-8-13(9-19(15)2)27(23,24)18-14-6-5-12(17)7-11(14)10-26(3,21)22/h5-9,18H,4,10H2,1-3H3. The van der Waals surface area contributed by atoms with Crippen LogP contribution in [0.4, 0.5) is 10.1 Å². The van der Waals surface area contributed by atoms with Crippen molar-refractivity contribution in [3.63, 3.8) is 0 Å². The van der Waals surface area contributed by atoms with Gasteiger partial charge in [-0.1, -0.05) is 0 Å². The topological polar surface area (TPSA) is 112 Å². The molecule has 0 spiro atoms.